The number of esters is 1. The van der Waals surface area contributed by atoms with E-state index in [1.54, 1.807) is 0 Å². The Morgan fingerprint density at radius 3 is 2.05 bits per heavy atom. The molecule has 19 heavy (non-hydrogen) atoms. The minimum atomic E-state index is -0.203. The summed E-state index contributed by atoms with van der Waals surface area (Å²) in [6.45, 7) is 9.19. The lowest BCUT2D eigenvalue weighted by atomic mass is 10.2. The molecule has 0 atom stereocenters. The number of methoxy groups -OCH3 is 1. The first-order valence-corrected chi connectivity index (χ1v) is 6.86. The van der Waals surface area contributed by atoms with Crippen LogP contribution in [0.5, 0.6) is 0 Å². The largest absolute Gasteiger partial charge is 0.469 e. The van der Waals surface area contributed by atoms with Crippen molar-refractivity contribution in [1.29, 1.82) is 0 Å². The Morgan fingerprint density at radius 2 is 1.63 bits per heavy atom. The molecule has 0 saturated heterocycles. The van der Waals surface area contributed by atoms with Gasteiger partial charge in [-0.15, -0.1) is 0 Å². The SMILES string of the molecule is COC(=O)CCCN(C)CC(=O)N(C(C)C)C(C)C. The molecule has 0 saturated carbocycles. The summed E-state index contributed by atoms with van der Waals surface area (Å²) < 4.78 is 4.58. The van der Waals surface area contributed by atoms with Crippen molar-refractivity contribution >= 4 is 11.9 Å². The summed E-state index contributed by atoms with van der Waals surface area (Å²) in [5, 5.41) is 0. The van der Waals surface area contributed by atoms with Crippen molar-refractivity contribution in [2.75, 3.05) is 27.2 Å². The molecule has 0 bridgehead atoms. The number of carbonyl (C=O) groups is 2. The van der Waals surface area contributed by atoms with E-state index in [1.807, 2.05) is 44.5 Å². The van der Waals surface area contributed by atoms with E-state index >= 15 is 0 Å². The topological polar surface area (TPSA) is 49.9 Å². The van der Waals surface area contributed by atoms with Crippen molar-refractivity contribution < 1.29 is 14.3 Å². The van der Waals surface area contributed by atoms with Crippen LogP contribution in [-0.4, -0.2) is 61.0 Å². The Labute approximate surface area is 116 Å². The third kappa shape index (κ3) is 7.15. The second-order valence-corrected chi connectivity index (χ2v) is 5.41. The number of amides is 1. The van der Waals surface area contributed by atoms with Crippen LogP contribution in [0.25, 0.3) is 0 Å². The molecule has 5 nitrogen and oxygen atoms in total. The minimum Gasteiger partial charge on any atom is -0.469 e. The molecule has 0 aliphatic heterocycles. The van der Waals surface area contributed by atoms with Gasteiger partial charge < -0.3 is 9.64 Å². The van der Waals surface area contributed by atoms with E-state index in [9.17, 15) is 9.59 Å². The number of carbonyl (C=O) groups excluding carboxylic acids is 2. The molecule has 0 rings (SSSR count). The van der Waals surface area contributed by atoms with Gasteiger partial charge in [-0.25, -0.2) is 0 Å². The summed E-state index contributed by atoms with van der Waals surface area (Å²) in [6.07, 6.45) is 1.10. The zero-order valence-corrected chi connectivity index (χ0v) is 13.1. The summed E-state index contributed by atoms with van der Waals surface area (Å²) in [5.74, 6) is -0.0729. The number of likely N-dealkylation sites (N-methyl/N-ethyl adjacent to an activating group) is 1. The molecule has 0 aromatic rings. The average molecular weight is 272 g/mol. The van der Waals surface area contributed by atoms with E-state index in [0.29, 0.717) is 25.9 Å². The Hall–Kier alpha value is -1.10. The van der Waals surface area contributed by atoms with E-state index in [4.69, 9.17) is 0 Å². The maximum Gasteiger partial charge on any atom is 0.305 e. The summed E-state index contributed by atoms with van der Waals surface area (Å²) in [5.41, 5.74) is 0. The maximum atomic E-state index is 12.2. The highest BCUT2D eigenvalue weighted by molar-refractivity contribution is 5.78. The van der Waals surface area contributed by atoms with Gasteiger partial charge in [0.2, 0.25) is 5.91 Å². The van der Waals surface area contributed by atoms with Gasteiger partial charge >= 0.3 is 5.97 Å². The first kappa shape index (κ1) is 17.9. The van der Waals surface area contributed by atoms with Crippen LogP contribution in [0.4, 0.5) is 0 Å². The minimum absolute atomic E-state index is 0.130. The van der Waals surface area contributed by atoms with Gasteiger partial charge in [0.05, 0.1) is 13.7 Å². The van der Waals surface area contributed by atoms with Gasteiger partial charge in [-0.05, 0) is 47.7 Å². The van der Waals surface area contributed by atoms with Crippen LogP contribution in [0.1, 0.15) is 40.5 Å². The number of hydrogen-bond donors (Lipinski definition) is 0. The molecule has 0 aliphatic rings. The standard InChI is InChI=1S/C14H28N2O3/c1-11(2)16(12(3)4)13(17)10-15(5)9-7-8-14(18)19-6/h11-12H,7-10H2,1-6H3. The molecule has 0 heterocycles. The monoisotopic (exact) mass is 272 g/mol. The van der Waals surface area contributed by atoms with Crippen LogP contribution >= 0.6 is 0 Å². The predicted octanol–water partition coefficient (Wildman–Crippen LogP) is 1.52. The van der Waals surface area contributed by atoms with E-state index in [0.717, 1.165) is 0 Å². The molecule has 0 aromatic carbocycles. The molecule has 112 valence electrons. The van der Waals surface area contributed by atoms with Crippen molar-refractivity contribution in [1.82, 2.24) is 9.80 Å². The predicted molar refractivity (Wildman–Crippen MR) is 75.9 cm³/mol. The molecule has 5 heteroatoms. The fraction of sp³-hybridized carbons (Fsp3) is 0.857. The van der Waals surface area contributed by atoms with Crippen LogP contribution < -0.4 is 0 Å². The lowest BCUT2D eigenvalue weighted by molar-refractivity contribution is -0.140. The van der Waals surface area contributed by atoms with Gasteiger partial charge in [0, 0.05) is 18.5 Å². The number of nitrogens with zero attached hydrogens (tertiary/aromatic N) is 2. The molecular weight excluding hydrogens is 244 g/mol. The summed E-state index contributed by atoms with van der Waals surface area (Å²) in [6, 6.07) is 0.409. The van der Waals surface area contributed by atoms with Crippen LogP contribution in [0.15, 0.2) is 0 Å². The Morgan fingerprint density at radius 1 is 1.11 bits per heavy atom. The average Bonchev–Trinajstić information content (AvgIpc) is 2.27. The molecule has 0 fully saturated rings. The molecule has 0 aromatic heterocycles. The molecular formula is C14H28N2O3. The zero-order chi connectivity index (χ0) is 15.0. The van der Waals surface area contributed by atoms with Crippen LogP contribution in [0.3, 0.4) is 0 Å². The molecule has 0 aliphatic carbocycles. The highest BCUT2D eigenvalue weighted by Gasteiger charge is 2.20. The van der Waals surface area contributed by atoms with Gasteiger partial charge in [-0.2, -0.15) is 0 Å². The normalized spacial score (nSPS) is 11.2. The highest BCUT2D eigenvalue weighted by Crippen LogP contribution is 2.06. The second-order valence-electron chi connectivity index (χ2n) is 5.41. The second kappa shape index (κ2) is 8.91. The van der Waals surface area contributed by atoms with Gasteiger partial charge in [0.15, 0.2) is 0 Å². The number of hydrogen-bond acceptors (Lipinski definition) is 4. The van der Waals surface area contributed by atoms with Crippen molar-refractivity contribution in [2.24, 2.45) is 0 Å². The Bertz CT molecular complexity index is 282. The van der Waals surface area contributed by atoms with Gasteiger partial charge in [-0.1, -0.05) is 0 Å². The number of rotatable bonds is 8. The number of ether oxygens (including phenoxy) is 1. The lowest BCUT2D eigenvalue weighted by Crippen LogP contribution is -2.46. The molecule has 0 radical (unpaired) electrons. The Kier molecular flexibility index (Phi) is 8.39. The van der Waals surface area contributed by atoms with Crippen LogP contribution in [0.2, 0.25) is 0 Å². The highest BCUT2D eigenvalue weighted by atomic mass is 16.5. The summed E-state index contributed by atoms with van der Waals surface area (Å²) in [4.78, 5) is 27.0. The third-order valence-corrected chi connectivity index (χ3v) is 2.95. The van der Waals surface area contributed by atoms with E-state index in [2.05, 4.69) is 4.74 Å². The molecule has 0 N–H and O–H groups in total. The third-order valence-electron chi connectivity index (χ3n) is 2.95. The van der Waals surface area contributed by atoms with Crippen LogP contribution in [0, 0.1) is 0 Å². The van der Waals surface area contributed by atoms with E-state index < -0.39 is 0 Å². The van der Waals surface area contributed by atoms with Crippen LogP contribution in [-0.2, 0) is 14.3 Å². The quantitative estimate of drug-likeness (QED) is 0.629. The van der Waals surface area contributed by atoms with Gasteiger partial charge in [0.25, 0.3) is 0 Å². The van der Waals surface area contributed by atoms with Crippen molar-refractivity contribution in [2.45, 2.75) is 52.6 Å². The zero-order valence-electron chi connectivity index (χ0n) is 13.1. The fourth-order valence-corrected chi connectivity index (χ4v) is 2.16. The lowest BCUT2D eigenvalue weighted by Gasteiger charge is -2.32. The smallest absolute Gasteiger partial charge is 0.305 e. The summed E-state index contributed by atoms with van der Waals surface area (Å²) >= 11 is 0. The van der Waals surface area contributed by atoms with E-state index in [-0.39, 0.29) is 24.0 Å². The first-order valence-electron chi connectivity index (χ1n) is 6.86. The molecule has 1 amide bonds. The van der Waals surface area contributed by atoms with E-state index in [1.165, 1.54) is 7.11 Å². The summed E-state index contributed by atoms with van der Waals surface area (Å²) in [7, 11) is 3.28. The van der Waals surface area contributed by atoms with Crippen molar-refractivity contribution in [3.8, 4) is 0 Å². The van der Waals surface area contributed by atoms with Crippen molar-refractivity contribution in [3.63, 3.8) is 0 Å². The van der Waals surface area contributed by atoms with Crippen molar-refractivity contribution in [3.05, 3.63) is 0 Å². The molecule has 0 spiro atoms. The van der Waals surface area contributed by atoms with Gasteiger partial charge in [-0.3, -0.25) is 14.5 Å². The fourth-order valence-electron chi connectivity index (χ4n) is 2.16. The maximum absolute atomic E-state index is 12.2. The molecule has 0 unspecified atom stereocenters. The first-order chi connectivity index (χ1) is 8.79. The van der Waals surface area contributed by atoms with Gasteiger partial charge in [0.1, 0.15) is 0 Å². The Balaban J connectivity index is 4.13.